The van der Waals surface area contributed by atoms with E-state index in [2.05, 4.69) is 38.2 Å². The minimum atomic E-state index is 0.127. The number of aryl methyl sites for hydroxylation is 2. The second-order valence-corrected chi connectivity index (χ2v) is 6.60. The number of benzene rings is 1. The molecule has 118 valence electrons. The molecule has 0 spiro atoms. The van der Waals surface area contributed by atoms with Gasteiger partial charge in [-0.2, -0.15) is 0 Å². The summed E-state index contributed by atoms with van der Waals surface area (Å²) in [6.45, 7) is 9.20. The third-order valence-corrected chi connectivity index (χ3v) is 4.62. The Morgan fingerprint density at radius 2 is 2.00 bits per heavy atom. The molecule has 1 aromatic heterocycles. The highest BCUT2D eigenvalue weighted by Crippen LogP contribution is 2.22. The molecule has 0 bridgehead atoms. The van der Waals surface area contributed by atoms with Gasteiger partial charge in [0.2, 0.25) is 0 Å². The Morgan fingerprint density at radius 1 is 1.32 bits per heavy atom. The normalized spacial score (nSPS) is 12.2. The molecular weight excluding hydrogens is 294 g/mol. The molecule has 1 heterocycles. The maximum absolute atomic E-state index is 11.3. The van der Waals surface area contributed by atoms with Gasteiger partial charge in [0.05, 0.1) is 4.88 Å². The van der Waals surface area contributed by atoms with E-state index in [-0.39, 0.29) is 11.8 Å². The number of carbonyl (C=O) groups is 1. The Balaban J connectivity index is 1.83. The van der Waals surface area contributed by atoms with Crippen molar-refractivity contribution in [3.63, 3.8) is 0 Å². The lowest BCUT2D eigenvalue weighted by Gasteiger charge is -2.17. The summed E-state index contributed by atoms with van der Waals surface area (Å²) < 4.78 is 5.95. The number of thiophene rings is 1. The van der Waals surface area contributed by atoms with Crippen molar-refractivity contribution in [2.24, 2.45) is 0 Å². The maximum Gasteiger partial charge on any atom is 0.169 e. The second-order valence-electron chi connectivity index (χ2n) is 5.69. The summed E-state index contributed by atoms with van der Waals surface area (Å²) in [5.74, 6) is 1.10. The topological polar surface area (TPSA) is 38.3 Å². The Labute approximate surface area is 136 Å². The standard InChI is InChI=1S/C18H23NO2S/c1-12-6-5-7-13(2)18(12)21-10-14(3)19-9-16-8-17(15(4)20)22-11-16/h5-8,11,14,19H,9-10H2,1-4H3. The molecule has 0 aliphatic heterocycles. The molecule has 4 heteroatoms. The maximum atomic E-state index is 11.3. The number of nitrogens with one attached hydrogen (secondary N) is 1. The van der Waals surface area contributed by atoms with Gasteiger partial charge in [-0.05, 0) is 55.8 Å². The fourth-order valence-electron chi connectivity index (χ4n) is 2.24. The van der Waals surface area contributed by atoms with Gasteiger partial charge >= 0.3 is 0 Å². The highest BCUT2D eigenvalue weighted by atomic mass is 32.1. The van der Waals surface area contributed by atoms with E-state index in [9.17, 15) is 4.79 Å². The third kappa shape index (κ3) is 4.42. The van der Waals surface area contributed by atoms with Crippen molar-refractivity contribution in [1.82, 2.24) is 5.32 Å². The summed E-state index contributed by atoms with van der Waals surface area (Å²) in [4.78, 5) is 12.1. The lowest BCUT2D eigenvalue weighted by Crippen LogP contribution is -2.31. The van der Waals surface area contributed by atoms with Crippen molar-refractivity contribution in [3.05, 3.63) is 51.2 Å². The van der Waals surface area contributed by atoms with Gasteiger partial charge in [-0.25, -0.2) is 0 Å². The van der Waals surface area contributed by atoms with Crippen LogP contribution >= 0.6 is 11.3 Å². The Hall–Kier alpha value is -1.65. The van der Waals surface area contributed by atoms with Gasteiger partial charge < -0.3 is 10.1 Å². The summed E-state index contributed by atoms with van der Waals surface area (Å²) in [5.41, 5.74) is 3.47. The van der Waals surface area contributed by atoms with Gasteiger partial charge in [-0.1, -0.05) is 18.2 Å². The van der Waals surface area contributed by atoms with Crippen LogP contribution in [0.1, 0.15) is 40.2 Å². The molecule has 1 unspecified atom stereocenters. The van der Waals surface area contributed by atoms with E-state index in [1.165, 1.54) is 11.3 Å². The fourth-order valence-corrected chi connectivity index (χ4v) is 3.05. The van der Waals surface area contributed by atoms with E-state index in [0.717, 1.165) is 33.9 Å². The van der Waals surface area contributed by atoms with Gasteiger partial charge in [0.25, 0.3) is 0 Å². The lowest BCUT2D eigenvalue weighted by molar-refractivity contribution is 0.102. The minimum absolute atomic E-state index is 0.127. The Kier molecular flexibility index (Phi) is 5.75. The van der Waals surface area contributed by atoms with Crippen LogP contribution in [0, 0.1) is 13.8 Å². The molecule has 0 saturated carbocycles. The smallest absolute Gasteiger partial charge is 0.169 e. The molecule has 0 aliphatic rings. The SMILES string of the molecule is CC(=O)c1cc(CNC(C)COc2c(C)cccc2C)cs1. The first-order chi connectivity index (χ1) is 10.5. The first kappa shape index (κ1) is 16.7. The Morgan fingerprint density at radius 3 is 2.59 bits per heavy atom. The van der Waals surface area contributed by atoms with Crippen molar-refractivity contribution in [2.45, 2.75) is 40.3 Å². The fraction of sp³-hybridized carbons (Fsp3) is 0.389. The number of ketones is 1. The highest BCUT2D eigenvalue weighted by Gasteiger charge is 2.08. The van der Waals surface area contributed by atoms with Crippen LogP contribution in [0.4, 0.5) is 0 Å². The zero-order valence-electron chi connectivity index (χ0n) is 13.6. The van der Waals surface area contributed by atoms with Crippen LogP contribution in [0.3, 0.4) is 0 Å². The number of hydrogen-bond donors (Lipinski definition) is 1. The van der Waals surface area contributed by atoms with Gasteiger partial charge in [0.1, 0.15) is 12.4 Å². The van der Waals surface area contributed by atoms with Crippen LogP contribution in [0.5, 0.6) is 5.75 Å². The van der Waals surface area contributed by atoms with Gasteiger partial charge in [0, 0.05) is 12.6 Å². The number of ether oxygens (including phenoxy) is 1. The summed E-state index contributed by atoms with van der Waals surface area (Å²) in [6.07, 6.45) is 0. The molecule has 0 amide bonds. The van der Waals surface area contributed by atoms with Crippen LogP contribution in [0.25, 0.3) is 0 Å². The first-order valence-corrected chi connectivity index (χ1v) is 8.36. The highest BCUT2D eigenvalue weighted by molar-refractivity contribution is 7.12. The molecule has 1 N–H and O–H groups in total. The zero-order chi connectivity index (χ0) is 16.1. The van der Waals surface area contributed by atoms with E-state index >= 15 is 0 Å². The van der Waals surface area contributed by atoms with Crippen molar-refractivity contribution in [3.8, 4) is 5.75 Å². The lowest BCUT2D eigenvalue weighted by atomic mass is 10.1. The van der Waals surface area contributed by atoms with Crippen molar-refractivity contribution in [1.29, 1.82) is 0 Å². The molecule has 0 saturated heterocycles. The quantitative estimate of drug-likeness (QED) is 0.781. The van der Waals surface area contributed by atoms with Crippen LogP contribution in [-0.4, -0.2) is 18.4 Å². The molecule has 0 radical (unpaired) electrons. The number of carbonyl (C=O) groups excluding carboxylic acids is 1. The van der Waals surface area contributed by atoms with Gasteiger partial charge in [-0.3, -0.25) is 4.79 Å². The molecule has 0 fully saturated rings. The van der Waals surface area contributed by atoms with Crippen LogP contribution < -0.4 is 10.1 Å². The van der Waals surface area contributed by atoms with Crippen LogP contribution in [0.2, 0.25) is 0 Å². The Bertz CT molecular complexity index is 628. The molecule has 22 heavy (non-hydrogen) atoms. The zero-order valence-corrected chi connectivity index (χ0v) is 14.4. The molecule has 3 nitrogen and oxygen atoms in total. The second kappa shape index (κ2) is 7.56. The molecule has 0 aliphatic carbocycles. The van der Waals surface area contributed by atoms with Gasteiger partial charge in [-0.15, -0.1) is 11.3 Å². The number of hydrogen-bond acceptors (Lipinski definition) is 4. The van der Waals surface area contributed by atoms with E-state index in [4.69, 9.17) is 4.74 Å². The van der Waals surface area contributed by atoms with E-state index in [1.54, 1.807) is 6.92 Å². The number of Topliss-reactive ketones (excluding diaryl/α,β-unsaturated/α-hetero) is 1. The summed E-state index contributed by atoms with van der Waals surface area (Å²) >= 11 is 1.50. The van der Waals surface area contributed by atoms with Crippen LogP contribution in [-0.2, 0) is 6.54 Å². The predicted octanol–water partition coefficient (Wildman–Crippen LogP) is 4.12. The molecule has 1 atom stereocenters. The number of rotatable bonds is 7. The van der Waals surface area contributed by atoms with E-state index in [1.807, 2.05) is 17.5 Å². The minimum Gasteiger partial charge on any atom is -0.491 e. The average Bonchev–Trinajstić information content (AvgIpc) is 2.93. The molecule has 2 rings (SSSR count). The molecule has 2 aromatic rings. The summed E-state index contributed by atoms with van der Waals surface area (Å²) in [6, 6.07) is 8.37. The predicted molar refractivity (Wildman–Crippen MR) is 92.0 cm³/mol. The number of para-hydroxylation sites is 1. The van der Waals surface area contributed by atoms with Crippen molar-refractivity contribution < 1.29 is 9.53 Å². The molecular formula is C18H23NO2S. The largest absolute Gasteiger partial charge is 0.491 e. The van der Waals surface area contributed by atoms with Gasteiger partial charge in [0.15, 0.2) is 5.78 Å². The van der Waals surface area contributed by atoms with E-state index < -0.39 is 0 Å². The summed E-state index contributed by atoms with van der Waals surface area (Å²) in [5, 5.41) is 5.46. The van der Waals surface area contributed by atoms with Crippen molar-refractivity contribution in [2.75, 3.05) is 6.61 Å². The van der Waals surface area contributed by atoms with E-state index in [0.29, 0.717) is 6.61 Å². The molecule has 1 aromatic carbocycles. The average molecular weight is 317 g/mol. The van der Waals surface area contributed by atoms with Crippen molar-refractivity contribution >= 4 is 17.1 Å². The van der Waals surface area contributed by atoms with Crippen LogP contribution in [0.15, 0.2) is 29.6 Å². The summed E-state index contributed by atoms with van der Waals surface area (Å²) in [7, 11) is 0. The third-order valence-electron chi connectivity index (χ3n) is 3.54. The first-order valence-electron chi connectivity index (χ1n) is 7.48. The monoisotopic (exact) mass is 317 g/mol.